The summed E-state index contributed by atoms with van der Waals surface area (Å²) < 4.78 is 0. The van der Waals surface area contributed by atoms with Gasteiger partial charge in [-0.3, -0.25) is 14.4 Å². The molecular weight excluding hydrogens is 438 g/mol. The molecule has 6 heteroatoms. The van der Waals surface area contributed by atoms with Gasteiger partial charge in [0.2, 0.25) is 5.91 Å². The molecular formula is C29H31N3O3. The van der Waals surface area contributed by atoms with Gasteiger partial charge in [-0.25, -0.2) is 0 Å². The number of hydrogen-bond acceptors (Lipinski definition) is 3. The van der Waals surface area contributed by atoms with Gasteiger partial charge in [0.25, 0.3) is 11.8 Å². The highest BCUT2D eigenvalue weighted by molar-refractivity contribution is 6.09. The van der Waals surface area contributed by atoms with Gasteiger partial charge in [0.15, 0.2) is 0 Å². The third-order valence-corrected chi connectivity index (χ3v) is 6.31. The summed E-state index contributed by atoms with van der Waals surface area (Å²) in [7, 11) is 0. The van der Waals surface area contributed by atoms with Crippen LogP contribution in [0.1, 0.15) is 53.3 Å². The number of hydrogen-bond donors (Lipinski definition) is 2. The fourth-order valence-corrected chi connectivity index (χ4v) is 4.33. The van der Waals surface area contributed by atoms with Crippen LogP contribution in [-0.2, 0) is 4.79 Å². The van der Waals surface area contributed by atoms with E-state index in [2.05, 4.69) is 10.6 Å². The number of amides is 3. The number of benzene rings is 3. The molecule has 4 rings (SSSR count). The molecule has 0 aliphatic carbocycles. The van der Waals surface area contributed by atoms with Crippen molar-refractivity contribution >= 4 is 23.4 Å². The Morgan fingerprint density at radius 3 is 2.00 bits per heavy atom. The zero-order valence-electron chi connectivity index (χ0n) is 20.0. The number of para-hydroxylation sites is 1. The van der Waals surface area contributed by atoms with E-state index in [1.807, 2.05) is 47.4 Å². The van der Waals surface area contributed by atoms with Gasteiger partial charge in [-0.15, -0.1) is 0 Å². The van der Waals surface area contributed by atoms with Crippen LogP contribution in [0.4, 0.5) is 5.69 Å². The Kier molecular flexibility index (Phi) is 7.93. The van der Waals surface area contributed by atoms with Crippen molar-refractivity contribution in [1.82, 2.24) is 10.2 Å². The average Bonchev–Trinajstić information content (AvgIpc) is 3.19. The van der Waals surface area contributed by atoms with Crippen molar-refractivity contribution < 1.29 is 14.4 Å². The molecule has 1 aliphatic rings. The number of nitrogens with zero attached hydrogens (tertiary/aromatic N) is 1. The SMILES string of the molecule is C[C@H](NC(=O)c1ccccc1NC(=O)c1ccc(-c2ccccc2)cc1)C(=O)N1CCCCCC1. The van der Waals surface area contributed by atoms with Gasteiger partial charge in [-0.1, -0.05) is 67.4 Å². The quantitative estimate of drug-likeness (QED) is 0.526. The molecule has 1 fully saturated rings. The lowest BCUT2D eigenvalue weighted by molar-refractivity contribution is -0.132. The molecule has 0 unspecified atom stereocenters. The summed E-state index contributed by atoms with van der Waals surface area (Å²) in [5.41, 5.74) is 3.30. The van der Waals surface area contributed by atoms with Gasteiger partial charge in [0.1, 0.15) is 6.04 Å². The van der Waals surface area contributed by atoms with Crippen molar-refractivity contribution in [3.05, 3.63) is 90.0 Å². The maximum absolute atomic E-state index is 13.0. The van der Waals surface area contributed by atoms with E-state index in [-0.39, 0.29) is 11.8 Å². The minimum absolute atomic E-state index is 0.0692. The number of likely N-dealkylation sites (tertiary alicyclic amines) is 1. The van der Waals surface area contributed by atoms with Crippen molar-refractivity contribution in [3.8, 4) is 11.1 Å². The molecule has 1 heterocycles. The molecule has 35 heavy (non-hydrogen) atoms. The molecule has 180 valence electrons. The van der Waals surface area contributed by atoms with Crippen LogP contribution in [0.25, 0.3) is 11.1 Å². The molecule has 3 aromatic carbocycles. The van der Waals surface area contributed by atoms with Crippen LogP contribution in [0.2, 0.25) is 0 Å². The van der Waals surface area contributed by atoms with Gasteiger partial charge in [-0.2, -0.15) is 0 Å². The highest BCUT2D eigenvalue weighted by Crippen LogP contribution is 2.21. The Bertz CT molecular complexity index is 1170. The second-order valence-electron chi connectivity index (χ2n) is 8.88. The first kappa shape index (κ1) is 24.2. The summed E-state index contributed by atoms with van der Waals surface area (Å²) in [5, 5.41) is 5.66. The maximum Gasteiger partial charge on any atom is 0.255 e. The molecule has 2 N–H and O–H groups in total. The summed E-state index contributed by atoms with van der Waals surface area (Å²) in [6.45, 7) is 3.17. The number of carbonyl (C=O) groups is 3. The van der Waals surface area contributed by atoms with E-state index in [1.54, 1.807) is 43.3 Å². The molecule has 3 aromatic rings. The fraction of sp³-hybridized carbons (Fsp3) is 0.276. The molecule has 0 bridgehead atoms. The van der Waals surface area contributed by atoms with Gasteiger partial charge in [0.05, 0.1) is 11.3 Å². The van der Waals surface area contributed by atoms with E-state index in [1.165, 1.54) is 0 Å². The fourth-order valence-electron chi connectivity index (χ4n) is 4.33. The molecule has 3 amide bonds. The minimum Gasteiger partial charge on any atom is -0.341 e. The van der Waals surface area contributed by atoms with E-state index in [4.69, 9.17) is 0 Å². The number of anilines is 1. The predicted molar refractivity (Wildman–Crippen MR) is 138 cm³/mol. The van der Waals surface area contributed by atoms with Crippen LogP contribution in [0.5, 0.6) is 0 Å². The Morgan fingerprint density at radius 1 is 0.714 bits per heavy atom. The zero-order chi connectivity index (χ0) is 24.6. The Labute approximate surface area is 206 Å². The third-order valence-electron chi connectivity index (χ3n) is 6.31. The predicted octanol–water partition coefficient (Wildman–Crippen LogP) is 5.13. The van der Waals surface area contributed by atoms with E-state index >= 15 is 0 Å². The molecule has 0 spiro atoms. The molecule has 0 saturated carbocycles. The monoisotopic (exact) mass is 469 g/mol. The van der Waals surface area contributed by atoms with Crippen LogP contribution >= 0.6 is 0 Å². The maximum atomic E-state index is 13.0. The van der Waals surface area contributed by atoms with Crippen LogP contribution in [-0.4, -0.2) is 41.8 Å². The highest BCUT2D eigenvalue weighted by atomic mass is 16.2. The first-order chi connectivity index (χ1) is 17.0. The van der Waals surface area contributed by atoms with E-state index in [0.29, 0.717) is 16.8 Å². The lowest BCUT2D eigenvalue weighted by Crippen LogP contribution is -2.47. The molecule has 0 radical (unpaired) electrons. The van der Waals surface area contributed by atoms with Crippen molar-refractivity contribution in [2.75, 3.05) is 18.4 Å². The van der Waals surface area contributed by atoms with Crippen LogP contribution in [0.15, 0.2) is 78.9 Å². The van der Waals surface area contributed by atoms with E-state index in [9.17, 15) is 14.4 Å². The Morgan fingerprint density at radius 2 is 1.31 bits per heavy atom. The van der Waals surface area contributed by atoms with Crippen LogP contribution in [0.3, 0.4) is 0 Å². The standard InChI is InChI=1S/C29H31N3O3/c1-21(29(35)32-19-9-2-3-10-20-32)30-28(34)25-13-7-8-14-26(25)31-27(33)24-17-15-23(16-18-24)22-11-5-4-6-12-22/h4-8,11-18,21H,2-3,9-10,19-20H2,1H3,(H,30,34)(H,31,33)/t21-/m0/s1. The molecule has 1 saturated heterocycles. The van der Waals surface area contributed by atoms with Gasteiger partial charge < -0.3 is 15.5 Å². The first-order valence-electron chi connectivity index (χ1n) is 12.2. The molecule has 6 nitrogen and oxygen atoms in total. The number of rotatable bonds is 6. The number of carbonyl (C=O) groups excluding carboxylic acids is 3. The van der Waals surface area contributed by atoms with Gasteiger partial charge >= 0.3 is 0 Å². The highest BCUT2D eigenvalue weighted by Gasteiger charge is 2.24. The molecule has 0 aromatic heterocycles. The second kappa shape index (κ2) is 11.5. The lowest BCUT2D eigenvalue weighted by atomic mass is 10.0. The summed E-state index contributed by atoms with van der Waals surface area (Å²) in [6, 6.07) is 23.5. The normalized spacial score (nSPS) is 14.5. The van der Waals surface area contributed by atoms with Crippen LogP contribution < -0.4 is 10.6 Å². The van der Waals surface area contributed by atoms with Gasteiger partial charge in [0, 0.05) is 18.7 Å². The average molecular weight is 470 g/mol. The molecule has 1 aliphatic heterocycles. The summed E-state index contributed by atoms with van der Waals surface area (Å²) in [6.07, 6.45) is 4.25. The third kappa shape index (κ3) is 6.15. The topological polar surface area (TPSA) is 78.5 Å². The Hall–Kier alpha value is -3.93. The van der Waals surface area contributed by atoms with Gasteiger partial charge in [-0.05, 0) is 55.2 Å². The Balaban J connectivity index is 1.42. The largest absolute Gasteiger partial charge is 0.341 e. The van der Waals surface area contributed by atoms with E-state index in [0.717, 1.165) is 49.9 Å². The summed E-state index contributed by atoms with van der Waals surface area (Å²) in [5.74, 6) is -0.769. The zero-order valence-corrected chi connectivity index (χ0v) is 20.0. The van der Waals surface area contributed by atoms with Crippen LogP contribution in [0, 0.1) is 0 Å². The first-order valence-corrected chi connectivity index (χ1v) is 12.2. The van der Waals surface area contributed by atoms with Crippen molar-refractivity contribution in [1.29, 1.82) is 0 Å². The van der Waals surface area contributed by atoms with E-state index < -0.39 is 11.9 Å². The smallest absolute Gasteiger partial charge is 0.255 e. The molecule has 1 atom stereocenters. The summed E-state index contributed by atoms with van der Waals surface area (Å²) in [4.78, 5) is 40.6. The second-order valence-corrected chi connectivity index (χ2v) is 8.88. The van der Waals surface area contributed by atoms with Crippen molar-refractivity contribution in [2.24, 2.45) is 0 Å². The number of nitrogens with one attached hydrogen (secondary N) is 2. The minimum atomic E-state index is -0.644. The van der Waals surface area contributed by atoms with Crippen molar-refractivity contribution in [2.45, 2.75) is 38.6 Å². The lowest BCUT2D eigenvalue weighted by Gasteiger charge is -2.25. The van der Waals surface area contributed by atoms with Crippen molar-refractivity contribution in [3.63, 3.8) is 0 Å². The summed E-state index contributed by atoms with van der Waals surface area (Å²) >= 11 is 0.